The van der Waals surface area contributed by atoms with E-state index < -0.39 is 9.84 Å². The van der Waals surface area contributed by atoms with Crippen molar-refractivity contribution >= 4 is 38.6 Å². The van der Waals surface area contributed by atoms with Gasteiger partial charge in [0.1, 0.15) is 18.0 Å². The third kappa shape index (κ3) is 6.28. The van der Waals surface area contributed by atoms with Gasteiger partial charge in [-0.25, -0.2) is 23.4 Å². The Morgan fingerprint density at radius 3 is 2.43 bits per heavy atom. The number of pyridine rings is 2. The lowest BCUT2D eigenvalue weighted by Crippen LogP contribution is -2.07. The van der Waals surface area contributed by atoms with Crippen LogP contribution in [0, 0.1) is 0 Å². The number of para-hydroxylation sites is 1. The highest BCUT2D eigenvalue weighted by Crippen LogP contribution is 2.37. The molecule has 3 aromatic heterocycles. The van der Waals surface area contributed by atoms with E-state index in [2.05, 4.69) is 30.7 Å². The molecule has 4 aromatic rings. The second-order valence-corrected chi connectivity index (χ2v) is 10.5. The van der Waals surface area contributed by atoms with E-state index in [-0.39, 0.29) is 11.5 Å². The minimum Gasteiger partial charge on any atom is -0.494 e. The van der Waals surface area contributed by atoms with Crippen molar-refractivity contribution in [2.75, 3.05) is 24.0 Å². The summed E-state index contributed by atoms with van der Waals surface area (Å²) in [4.78, 5) is 25.7. The molecule has 0 fully saturated rings. The monoisotopic (exact) mass is 521 g/mol. The molecule has 0 spiro atoms. The van der Waals surface area contributed by atoms with Crippen molar-refractivity contribution in [2.45, 2.75) is 19.1 Å². The number of hydrogen-bond donors (Lipinski definition) is 2. The normalized spacial score (nSPS) is 11.2. The molecular formula is C25H27N7O4S. The maximum Gasteiger partial charge on any atom is 0.184 e. The van der Waals surface area contributed by atoms with Crippen LogP contribution >= 0.6 is 0 Å². The van der Waals surface area contributed by atoms with Gasteiger partial charge in [0.05, 0.1) is 35.4 Å². The second kappa shape index (κ2) is 10.7. The molecule has 1 aromatic carbocycles. The van der Waals surface area contributed by atoms with Crippen molar-refractivity contribution in [3.63, 3.8) is 0 Å². The molecule has 12 heteroatoms. The van der Waals surface area contributed by atoms with Gasteiger partial charge in [-0.1, -0.05) is 19.1 Å². The molecule has 4 rings (SSSR count). The first-order chi connectivity index (χ1) is 17.7. The van der Waals surface area contributed by atoms with Crippen LogP contribution in [0.5, 0.6) is 5.75 Å². The summed E-state index contributed by atoms with van der Waals surface area (Å²) in [7, 11) is 0.187. The highest BCUT2D eigenvalue weighted by molar-refractivity contribution is 7.89. The maximum absolute atomic E-state index is 12.7. The summed E-state index contributed by atoms with van der Waals surface area (Å²) in [5.74, 6) is 1.79. The molecule has 192 valence electrons. The number of aromatic nitrogens is 5. The first-order valence-electron chi connectivity index (χ1n) is 11.4. The number of rotatable bonds is 10. The largest absolute Gasteiger partial charge is 0.494 e. The zero-order valence-electron chi connectivity index (χ0n) is 20.9. The van der Waals surface area contributed by atoms with Gasteiger partial charge in [-0.05, 0) is 23.8 Å². The Morgan fingerprint density at radius 2 is 1.81 bits per heavy atom. The van der Waals surface area contributed by atoms with Crippen LogP contribution in [0.2, 0.25) is 0 Å². The molecule has 37 heavy (non-hydrogen) atoms. The summed E-state index contributed by atoms with van der Waals surface area (Å²) in [6, 6.07) is 10.6. The number of benzene rings is 1. The summed E-state index contributed by atoms with van der Waals surface area (Å²) in [5.41, 5.74) is 2.86. The van der Waals surface area contributed by atoms with Crippen molar-refractivity contribution < 1.29 is 17.9 Å². The van der Waals surface area contributed by atoms with E-state index in [1.165, 1.54) is 18.6 Å². The molecule has 11 nitrogen and oxygen atoms in total. The van der Waals surface area contributed by atoms with Crippen molar-refractivity contribution in [3.8, 4) is 17.1 Å². The number of hydrogen-bond acceptors (Lipinski definition) is 10. The number of methoxy groups -OCH3 is 1. The molecule has 0 unspecified atom stereocenters. The molecule has 0 amide bonds. The molecule has 0 saturated heterocycles. The molecule has 2 N–H and O–H groups in total. The van der Waals surface area contributed by atoms with Gasteiger partial charge in [-0.2, -0.15) is 5.10 Å². The average molecular weight is 522 g/mol. The standard InChI is InChI=1S/C25H27N7O4S/c1-5-21(33)18-13-27-23(30-22-10-9-16(12-26-22)14-37(4,34)35)11-20(18)29-19-8-6-7-17(24(19)36-3)25-28-15-32(2)31-25/h6-13,15H,5,14H2,1-4H3,(H2,26,27,29,30). The van der Waals surface area contributed by atoms with Crippen LogP contribution < -0.4 is 15.4 Å². The molecular weight excluding hydrogens is 494 g/mol. The van der Waals surface area contributed by atoms with Crippen molar-refractivity contribution in [1.82, 2.24) is 24.7 Å². The summed E-state index contributed by atoms with van der Waals surface area (Å²) in [6.07, 6.45) is 6.09. The van der Waals surface area contributed by atoms with E-state index in [1.54, 1.807) is 50.3 Å². The average Bonchev–Trinajstić information content (AvgIpc) is 3.30. The first-order valence-corrected chi connectivity index (χ1v) is 13.5. The Bertz CT molecular complexity index is 1530. The zero-order chi connectivity index (χ0) is 26.6. The zero-order valence-corrected chi connectivity index (χ0v) is 21.7. The van der Waals surface area contributed by atoms with Gasteiger partial charge < -0.3 is 15.4 Å². The fourth-order valence-electron chi connectivity index (χ4n) is 3.70. The summed E-state index contributed by atoms with van der Waals surface area (Å²) in [5, 5.41) is 10.8. The lowest BCUT2D eigenvalue weighted by molar-refractivity contribution is 0.0988. The van der Waals surface area contributed by atoms with E-state index in [4.69, 9.17) is 4.74 Å². The van der Waals surface area contributed by atoms with Crippen molar-refractivity contribution in [2.24, 2.45) is 7.05 Å². The second-order valence-electron chi connectivity index (χ2n) is 8.39. The Morgan fingerprint density at radius 1 is 1.03 bits per heavy atom. The SMILES string of the molecule is CCC(=O)c1cnc(Nc2ccc(CS(C)(=O)=O)cn2)cc1Nc1cccc(-c2ncn(C)n2)c1OC. The van der Waals surface area contributed by atoms with Gasteiger partial charge in [-0.15, -0.1) is 0 Å². The fourth-order valence-corrected chi connectivity index (χ4v) is 4.47. The Kier molecular flexibility index (Phi) is 7.48. The van der Waals surface area contributed by atoms with Gasteiger partial charge in [0, 0.05) is 38.2 Å². The number of nitrogens with one attached hydrogen (secondary N) is 2. The quantitative estimate of drug-likeness (QED) is 0.295. The van der Waals surface area contributed by atoms with E-state index >= 15 is 0 Å². The first kappa shape index (κ1) is 25.8. The maximum atomic E-state index is 12.7. The number of aryl methyl sites for hydroxylation is 1. The molecule has 0 aliphatic heterocycles. The van der Waals surface area contributed by atoms with E-state index in [0.29, 0.717) is 57.7 Å². The molecule has 0 saturated carbocycles. The Hall–Kier alpha value is -4.32. The molecule has 0 bridgehead atoms. The van der Waals surface area contributed by atoms with Gasteiger partial charge in [0.15, 0.2) is 27.2 Å². The number of nitrogens with zero attached hydrogens (tertiary/aromatic N) is 5. The fraction of sp³-hybridized carbons (Fsp3) is 0.240. The van der Waals surface area contributed by atoms with Crippen LogP contribution in [0.4, 0.5) is 23.0 Å². The predicted octanol–water partition coefficient (Wildman–Crippen LogP) is 3.91. The molecule has 0 radical (unpaired) electrons. The number of carbonyl (C=O) groups is 1. The van der Waals surface area contributed by atoms with Gasteiger partial charge in [0.2, 0.25) is 0 Å². The van der Waals surface area contributed by atoms with E-state index in [9.17, 15) is 13.2 Å². The minimum atomic E-state index is -3.16. The number of ketones is 1. The Labute approximate surface area is 214 Å². The molecule has 0 aliphatic rings. The summed E-state index contributed by atoms with van der Waals surface area (Å²) in [6.45, 7) is 1.79. The summed E-state index contributed by atoms with van der Waals surface area (Å²) >= 11 is 0. The van der Waals surface area contributed by atoms with E-state index in [0.717, 1.165) is 0 Å². The number of ether oxygens (including phenoxy) is 1. The van der Waals surface area contributed by atoms with Crippen LogP contribution in [-0.4, -0.2) is 52.3 Å². The van der Waals surface area contributed by atoms with Crippen molar-refractivity contribution in [1.29, 1.82) is 0 Å². The summed E-state index contributed by atoms with van der Waals surface area (Å²) < 4.78 is 30.3. The lowest BCUT2D eigenvalue weighted by atomic mass is 10.1. The van der Waals surface area contributed by atoms with Crippen molar-refractivity contribution in [3.05, 3.63) is 66.2 Å². The van der Waals surface area contributed by atoms with Crippen LogP contribution in [-0.2, 0) is 22.6 Å². The van der Waals surface area contributed by atoms with Gasteiger partial charge >= 0.3 is 0 Å². The third-order valence-electron chi connectivity index (χ3n) is 5.36. The number of carbonyl (C=O) groups excluding carboxylic acids is 1. The number of Topliss-reactive ketones (excluding diaryl/α,β-unsaturated/α-hetero) is 1. The third-order valence-corrected chi connectivity index (χ3v) is 6.22. The number of anilines is 4. The van der Waals surface area contributed by atoms with Gasteiger partial charge in [-0.3, -0.25) is 9.48 Å². The van der Waals surface area contributed by atoms with Crippen LogP contribution in [0.3, 0.4) is 0 Å². The van der Waals surface area contributed by atoms with Gasteiger partial charge in [0.25, 0.3) is 0 Å². The predicted molar refractivity (Wildman–Crippen MR) is 141 cm³/mol. The van der Waals surface area contributed by atoms with Crippen LogP contribution in [0.1, 0.15) is 29.3 Å². The number of sulfone groups is 1. The van der Waals surface area contributed by atoms with Crippen LogP contribution in [0.15, 0.2) is 55.1 Å². The lowest BCUT2D eigenvalue weighted by Gasteiger charge is -2.17. The minimum absolute atomic E-state index is 0.0775. The highest BCUT2D eigenvalue weighted by atomic mass is 32.2. The van der Waals surface area contributed by atoms with E-state index in [1.807, 2.05) is 18.2 Å². The van der Waals surface area contributed by atoms with Crippen LogP contribution in [0.25, 0.3) is 11.4 Å². The molecule has 0 aliphatic carbocycles. The molecule has 3 heterocycles. The topological polar surface area (TPSA) is 141 Å². The Balaban J connectivity index is 1.66. The molecule has 0 atom stereocenters. The highest BCUT2D eigenvalue weighted by Gasteiger charge is 2.18. The smallest absolute Gasteiger partial charge is 0.184 e.